The molecule has 0 aliphatic carbocycles. The maximum atomic E-state index is 5.46. The van der Waals surface area contributed by atoms with Crippen molar-refractivity contribution in [1.82, 2.24) is 4.98 Å². The summed E-state index contributed by atoms with van der Waals surface area (Å²) in [6, 6.07) is 10.5. The number of rotatable bonds is 3. The summed E-state index contributed by atoms with van der Waals surface area (Å²) in [7, 11) is 0. The summed E-state index contributed by atoms with van der Waals surface area (Å²) in [4.78, 5) is 3.37. The molecule has 0 spiro atoms. The van der Waals surface area contributed by atoms with Gasteiger partial charge >= 0.3 is 0 Å². The fraction of sp³-hybridized carbons (Fsp3) is 0.273. The Morgan fingerprint density at radius 2 is 2.08 bits per heavy atom. The summed E-state index contributed by atoms with van der Waals surface area (Å²) in [5, 5.41) is 1.29. The van der Waals surface area contributed by atoms with E-state index in [1.807, 2.05) is 6.07 Å². The second-order valence-corrected chi connectivity index (χ2v) is 3.27. The minimum absolute atomic E-state index is 0.759. The highest BCUT2D eigenvalue weighted by Crippen LogP contribution is 2.15. The smallest absolute Gasteiger partial charge is 0.0456 e. The number of nitrogens with one attached hydrogen (secondary N) is 1. The Bertz CT molecular complexity index is 357. The topological polar surface area (TPSA) is 41.8 Å². The molecule has 2 rings (SSSR count). The first kappa shape index (κ1) is 8.32. The normalized spacial score (nSPS) is 10.8. The third-order valence-electron chi connectivity index (χ3n) is 2.24. The first-order valence-corrected chi connectivity index (χ1v) is 4.67. The van der Waals surface area contributed by atoms with Crippen molar-refractivity contribution in [3.8, 4) is 0 Å². The van der Waals surface area contributed by atoms with E-state index in [0.717, 1.165) is 19.4 Å². The molecule has 1 heterocycles. The molecule has 0 radical (unpaired) electrons. The van der Waals surface area contributed by atoms with Crippen LogP contribution in [-0.2, 0) is 6.42 Å². The van der Waals surface area contributed by atoms with Gasteiger partial charge in [0.25, 0.3) is 0 Å². The SMILES string of the molecule is NCCCc1cc2ccccc2[nH]1. The van der Waals surface area contributed by atoms with E-state index in [1.54, 1.807) is 0 Å². The summed E-state index contributed by atoms with van der Waals surface area (Å²) in [5.41, 5.74) is 7.96. The zero-order valence-electron chi connectivity index (χ0n) is 7.59. The van der Waals surface area contributed by atoms with E-state index >= 15 is 0 Å². The van der Waals surface area contributed by atoms with Gasteiger partial charge in [0.05, 0.1) is 0 Å². The van der Waals surface area contributed by atoms with E-state index in [-0.39, 0.29) is 0 Å². The van der Waals surface area contributed by atoms with Crippen LogP contribution in [0.2, 0.25) is 0 Å². The van der Waals surface area contributed by atoms with Gasteiger partial charge < -0.3 is 10.7 Å². The number of hydrogen-bond donors (Lipinski definition) is 2. The molecule has 2 nitrogen and oxygen atoms in total. The molecule has 2 aromatic rings. The van der Waals surface area contributed by atoms with Gasteiger partial charge in [-0.05, 0) is 36.9 Å². The van der Waals surface area contributed by atoms with Crippen molar-refractivity contribution in [2.24, 2.45) is 5.73 Å². The molecular formula is C11H14N2. The monoisotopic (exact) mass is 174 g/mol. The number of aryl methyl sites for hydroxylation is 1. The van der Waals surface area contributed by atoms with E-state index < -0.39 is 0 Å². The number of hydrogen-bond acceptors (Lipinski definition) is 1. The predicted molar refractivity (Wildman–Crippen MR) is 55.7 cm³/mol. The molecule has 0 amide bonds. The van der Waals surface area contributed by atoms with Crippen molar-refractivity contribution in [2.75, 3.05) is 6.54 Å². The van der Waals surface area contributed by atoms with Gasteiger partial charge in [-0.2, -0.15) is 0 Å². The van der Waals surface area contributed by atoms with E-state index in [1.165, 1.54) is 16.6 Å². The minimum atomic E-state index is 0.759. The zero-order chi connectivity index (χ0) is 9.10. The van der Waals surface area contributed by atoms with Gasteiger partial charge in [-0.3, -0.25) is 0 Å². The summed E-state index contributed by atoms with van der Waals surface area (Å²) < 4.78 is 0. The second-order valence-electron chi connectivity index (χ2n) is 3.27. The van der Waals surface area contributed by atoms with Crippen LogP contribution in [0, 0.1) is 0 Å². The number of para-hydroxylation sites is 1. The molecule has 2 heteroatoms. The summed E-state index contributed by atoms with van der Waals surface area (Å²) >= 11 is 0. The van der Waals surface area contributed by atoms with Crippen LogP contribution in [0.1, 0.15) is 12.1 Å². The molecule has 0 aliphatic rings. The van der Waals surface area contributed by atoms with Crippen LogP contribution in [0.4, 0.5) is 0 Å². The van der Waals surface area contributed by atoms with Gasteiger partial charge in [0, 0.05) is 11.2 Å². The fourth-order valence-electron chi connectivity index (χ4n) is 1.56. The summed E-state index contributed by atoms with van der Waals surface area (Å²) in [5.74, 6) is 0. The average molecular weight is 174 g/mol. The minimum Gasteiger partial charge on any atom is -0.358 e. The van der Waals surface area contributed by atoms with Crippen LogP contribution >= 0.6 is 0 Å². The quantitative estimate of drug-likeness (QED) is 0.734. The van der Waals surface area contributed by atoms with Crippen molar-refractivity contribution >= 4 is 10.9 Å². The van der Waals surface area contributed by atoms with Crippen molar-refractivity contribution in [3.63, 3.8) is 0 Å². The number of H-pyrrole nitrogens is 1. The number of benzene rings is 1. The highest BCUT2D eigenvalue weighted by Gasteiger charge is 1.98. The lowest BCUT2D eigenvalue weighted by Crippen LogP contribution is -2.00. The number of fused-ring (bicyclic) bond motifs is 1. The average Bonchev–Trinajstić information content (AvgIpc) is 2.57. The van der Waals surface area contributed by atoms with Crippen LogP contribution in [0.15, 0.2) is 30.3 Å². The zero-order valence-corrected chi connectivity index (χ0v) is 7.59. The van der Waals surface area contributed by atoms with Crippen LogP contribution in [0.5, 0.6) is 0 Å². The molecule has 1 aromatic carbocycles. The summed E-state index contributed by atoms with van der Waals surface area (Å²) in [6.45, 7) is 0.759. The maximum absolute atomic E-state index is 5.46. The van der Waals surface area contributed by atoms with E-state index in [0.29, 0.717) is 0 Å². The highest BCUT2D eigenvalue weighted by molar-refractivity contribution is 5.80. The lowest BCUT2D eigenvalue weighted by atomic mass is 10.2. The van der Waals surface area contributed by atoms with Gasteiger partial charge in [0.15, 0.2) is 0 Å². The van der Waals surface area contributed by atoms with Crippen molar-refractivity contribution in [1.29, 1.82) is 0 Å². The molecule has 0 bridgehead atoms. The highest BCUT2D eigenvalue weighted by atomic mass is 14.7. The Kier molecular flexibility index (Phi) is 2.32. The first-order valence-electron chi connectivity index (χ1n) is 4.67. The molecule has 0 unspecified atom stereocenters. The molecule has 3 N–H and O–H groups in total. The molecule has 1 aromatic heterocycles. The molecule has 0 aliphatic heterocycles. The van der Waals surface area contributed by atoms with Gasteiger partial charge in [0.1, 0.15) is 0 Å². The van der Waals surface area contributed by atoms with Gasteiger partial charge in [-0.1, -0.05) is 18.2 Å². The maximum Gasteiger partial charge on any atom is 0.0456 e. The lowest BCUT2D eigenvalue weighted by Gasteiger charge is -1.92. The molecule has 68 valence electrons. The molecular weight excluding hydrogens is 160 g/mol. The molecule has 13 heavy (non-hydrogen) atoms. The third-order valence-corrected chi connectivity index (χ3v) is 2.24. The van der Waals surface area contributed by atoms with Crippen molar-refractivity contribution < 1.29 is 0 Å². The first-order chi connectivity index (χ1) is 6.40. The Morgan fingerprint density at radius 1 is 1.23 bits per heavy atom. The number of aromatic amines is 1. The Balaban J connectivity index is 2.28. The van der Waals surface area contributed by atoms with Crippen LogP contribution in [-0.4, -0.2) is 11.5 Å². The number of nitrogens with two attached hydrogens (primary N) is 1. The Morgan fingerprint density at radius 3 is 2.85 bits per heavy atom. The van der Waals surface area contributed by atoms with Gasteiger partial charge in [-0.15, -0.1) is 0 Å². The third kappa shape index (κ3) is 1.73. The van der Waals surface area contributed by atoms with Crippen LogP contribution in [0.25, 0.3) is 10.9 Å². The van der Waals surface area contributed by atoms with Crippen molar-refractivity contribution in [3.05, 3.63) is 36.0 Å². The van der Waals surface area contributed by atoms with Crippen LogP contribution in [0.3, 0.4) is 0 Å². The Hall–Kier alpha value is -1.28. The lowest BCUT2D eigenvalue weighted by molar-refractivity contribution is 0.818. The Labute approximate surface area is 77.8 Å². The van der Waals surface area contributed by atoms with E-state index in [4.69, 9.17) is 5.73 Å². The van der Waals surface area contributed by atoms with Crippen molar-refractivity contribution in [2.45, 2.75) is 12.8 Å². The van der Waals surface area contributed by atoms with Gasteiger partial charge in [-0.25, -0.2) is 0 Å². The second kappa shape index (κ2) is 3.62. The molecule has 0 saturated carbocycles. The number of aromatic nitrogens is 1. The van der Waals surface area contributed by atoms with Crippen LogP contribution < -0.4 is 5.73 Å². The fourth-order valence-corrected chi connectivity index (χ4v) is 1.56. The standard InChI is InChI=1S/C11H14N2/c12-7-3-5-10-8-9-4-1-2-6-11(9)13-10/h1-2,4,6,8,13H,3,5,7,12H2. The van der Waals surface area contributed by atoms with E-state index in [2.05, 4.69) is 29.2 Å². The molecule has 0 atom stereocenters. The predicted octanol–water partition coefficient (Wildman–Crippen LogP) is 2.06. The van der Waals surface area contributed by atoms with E-state index in [9.17, 15) is 0 Å². The largest absolute Gasteiger partial charge is 0.358 e. The molecule has 0 fully saturated rings. The van der Waals surface area contributed by atoms with Gasteiger partial charge in [0.2, 0.25) is 0 Å². The summed E-state index contributed by atoms with van der Waals surface area (Å²) in [6.07, 6.45) is 2.10. The molecule has 0 saturated heterocycles.